The van der Waals surface area contributed by atoms with Crippen LogP contribution >= 0.6 is 0 Å². The molecule has 0 saturated carbocycles. The van der Waals surface area contributed by atoms with Crippen molar-refractivity contribution in [2.24, 2.45) is 0 Å². The summed E-state index contributed by atoms with van der Waals surface area (Å²) in [7, 11) is -0.625. The molecule has 1 aliphatic heterocycles. The smallest absolute Gasteiger partial charge is 0.407 e. The summed E-state index contributed by atoms with van der Waals surface area (Å²) in [5.41, 5.74) is 1.37. The molecular weight excluding hydrogens is 811 g/mol. The number of fused-ring (bicyclic) bond motifs is 1. The van der Waals surface area contributed by atoms with Crippen LogP contribution in [0.1, 0.15) is 43.7 Å². The van der Waals surface area contributed by atoms with Gasteiger partial charge in [-0.2, -0.15) is 0 Å². The fraction of sp³-hybridized carbons (Fsp3) is 0.467. The van der Waals surface area contributed by atoms with Crippen LogP contribution in [0, 0.1) is 0 Å². The molecular formula is C45H61N5O9Si2. The van der Waals surface area contributed by atoms with Crippen molar-refractivity contribution in [3.63, 3.8) is 0 Å². The molecule has 0 radical (unpaired) electrons. The Hall–Kier alpha value is -4.85. The van der Waals surface area contributed by atoms with E-state index in [4.69, 9.17) is 28.1 Å². The van der Waals surface area contributed by atoms with Gasteiger partial charge in [0, 0.05) is 21.2 Å². The van der Waals surface area contributed by atoms with Crippen LogP contribution in [0.4, 0.5) is 4.79 Å². The second kappa shape index (κ2) is 18.6. The quantitative estimate of drug-likeness (QED) is 0.0713. The van der Waals surface area contributed by atoms with Gasteiger partial charge in [-0.05, 0) is 65.1 Å². The third-order valence-corrected chi connectivity index (χ3v) is 17.9. The molecule has 0 spiro atoms. The molecule has 61 heavy (non-hydrogen) atoms. The number of rotatable bonds is 17. The van der Waals surface area contributed by atoms with Crippen molar-refractivity contribution in [3.8, 4) is 11.5 Å². The van der Waals surface area contributed by atoms with E-state index < -0.39 is 52.6 Å². The molecule has 2 aromatic heterocycles. The van der Waals surface area contributed by atoms with Gasteiger partial charge in [-0.1, -0.05) is 95.0 Å². The summed E-state index contributed by atoms with van der Waals surface area (Å²) in [6.07, 6.45) is -1.39. The normalized spacial score (nSPS) is 18.6. The lowest BCUT2D eigenvalue weighted by Crippen LogP contribution is -2.49. The lowest BCUT2D eigenvalue weighted by Gasteiger charge is -2.40. The van der Waals surface area contributed by atoms with Gasteiger partial charge in [-0.25, -0.2) is 14.8 Å². The number of carbonyl (C=O) groups excluding carboxylic acids is 1. The van der Waals surface area contributed by atoms with Gasteiger partial charge in [-0.3, -0.25) is 13.9 Å². The average molecular weight is 872 g/mol. The van der Waals surface area contributed by atoms with Crippen LogP contribution in [0.2, 0.25) is 43.8 Å². The summed E-state index contributed by atoms with van der Waals surface area (Å²) in [5, 5.41) is 14.8. The Morgan fingerprint density at radius 3 is 2.00 bits per heavy atom. The van der Waals surface area contributed by atoms with Crippen molar-refractivity contribution in [2.75, 3.05) is 34.0 Å². The Kier molecular flexibility index (Phi) is 14.0. The molecule has 1 saturated heterocycles. The van der Waals surface area contributed by atoms with Gasteiger partial charge in [0.05, 0.1) is 33.8 Å². The van der Waals surface area contributed by atoms with Gasteiger partial charge in [-0.15, -0.1) is 0 Å². The van der Waals surface area contributed by atoms with Gasteiger partial charge < -0.3 is 38.5 Å². The highest BCUT2D eigenvalue weighted by atomic mass is 28.4. The maximum atomic E-state index is 13.7. The molecule has 0 unspecified atom stereocenters. The summed E-state index contributed by atoms with van der Waals surface area (Å²) < 4.78 is 40.4. The Labute approximate surface area is 360 Å². The van der Waals surface area contributed by atoms with Gasteiger partial charge in [0.1, 0.15) is 41.7 Å². The molecule has 1 fully saturated rings. The Morgan fingerprint density at radius 1 is 0.852 bits per heavy atom. The minimum atomic E-state index is -2.53. The van der Waals surface area contributed by atoms with Crippen LogP contribution in [0.3, 0.4) is 0 Å². The highest BCUT2D eigenvalue weighted by molar-refractivity contribution is 6.76. The van der Waals surface area contributed by atoms with E-state index in [0.717, 1.165) is 22.7 Å². The SMILES string of the molecule is COc1ccc(C(OC[C@H]2O[C@@H](n3cnc4c(=O)n(CCNC(=O)OCC[Si](C)(C)C)cnc43)[C@H](O[Si](C)(C)C(C)(C)C)[C@@H]2O)(c2ccccc2)c2ccc(OC)cc2)cc1. The number of aromatic nitrogens is 4. The molecule has 1 amide bonds. The van der Waals surface area contributed by atoms with Crippen LogP contribution in [-0.2, 0) is 30.8 Å². The first-order valence-electron chi connectivity index (χ1n) is 20.7. The van der Waals surface area contributed by atoms with Crippen molar-refractivity contribution in [1.82, 2.24) is 24.4 Å². The number of amides is 1. The molecule has 4 atom stereocenters. The number of hydrogen-bond donors (Lipinski definition) is 2. The first-order chi connectivity index (χ1) is 28.9. The number of aliphatic hydroxyl groups excluding tert-OH is 1. The van der Waals surface area contributed by atoms with Gasteiger partial charge in [0.25, 0.3) is 5.56 Å². The number of alkyl carbamates (subject to hydrolysis) is 1. The number of ether oxygens (including phenoxy) is 5. The van der Waals surface area contributed by atoms with E-state index in [-0.39, 0.29) is 41.5 Å². The Balaban J connectivity index is 1.32. The van der Waals surface area contributed by atoms with E-state index in [1.807, 2.05) is 78.9 Å². The number of nitrogens with zero attached hydrogens (tertiary/aromatic N) is 4. The second-order valence-electron chi connectivity index (χ2n) is 18.2. The minimum absolute atomic E-state index is 0.0532. The lowest BCUT2D eigenvalue weighted by atomic mass is 9.80. The zero-order valence-corrected chi connectivity index (χ0v) is 39.0. The minimum Gasteiger partial charge on any atom is -0.497 e. The number of benzene rings is 3. The molecule has 3 aromatic carbocycles. The molecule has 0 bridgehead atoms. The van der Waals surface area contributed by atoms with E-state index in [0.29, 0.717) is 18.1 Å². The molecule has 1 aliphatic rings. The number of nitrogens with one attached hydrogen (secondary N) is 1. The topological polar surface area (TPSA) is 157 Å². The Bertz CT molecular complexity index is 2240. The van der Waals surface area contributed by atoms with Gasteiger partial charge in [0.2, 0.25) is 0 Å². The molecule has 2 N–H and O–H groups in total. The number of carbonyl (C=O) groups is 1. The summed E-state index contributed by atoms with van der Waals surface area (Å²) in [6, 6.07) is 26.2. The number of methoxy groups -OCH3 is 2. The zero-order valence-electron chi connectivity index (χ0n) is 37.0. The molecule has 5 aromatic rings. The molecule has 0 aliphatic carbocycles. The van der Waals surface area contributed by atoms with Crippen molar-refractivity contribution in [1.29, 1.82) is 0 Å². The van der Waals surface area contributed by atoms with E-state index in [1.54, 1.807) is 18.8 Å². The van der Waals surface area contributed by atoms with Crippen LogP contribution in [0.25, 0.3) is 11.2 Å². The average Bonchev–Trinajstić information content (AvgIpc) is 3.79. The van der Waals surface area contributed by atoms with Crippen molar-refractivity contribution in [3.05, 3.63) is 119 Å². The number of aliphatic hydroxyl groups is 1. The van der Waals surface area contributed by atoms with Crippen LogP contribution in [0.5, 0.6) is 11.5 Å². The first kappa shape index (κ1) is 45.7. The monoisotopic (exact) mass is 871 g/mol. The highest BCUT2D eigenvalue weighted by Crippen LogP contribution is 2.45. The largest absolute Gasteiger partial charge is 0.497 e. The predicted molar refractivity (Wildman–Crippen MR) is 240 cm³/mol. The first-order valence-corrected chi connectivity index (χ1v) is 27.3. The summed E-state index contributed by atoms with van der Waals surface area (Å²) >= 11 is 0. The van der Waals surface area contributed by atoms with E-state index in [2.05, 4.69) is 68.8 Å². The third-order valence-electron chi connectivity index (χ3n) is 11.7. The number of imidazole rings is 1. The zero-order chi connectivity index (χ0) is 44.2. The van der Waals surface area contributed by atoms with Gasteiger partial charge >= 0.3 is 6.09 Å². The lowest BCUT2D eigenvalue weighted by molar-refractivity contribution is -0.0940. The molecule has 3 heterocycles. The van der Waals surface area contributed by atoms with E-state index in [1.165, 1.54) is 17.2 Å². The van der Waals surface area contributed by atoms with Crippen LogP contribution in [0.15, 0.2) is 96.3 Å². The van der Waals surface area contributed by atoms with Gasteiger partial charge in [0.15, 0.2) is 25.7 Å². The highest BCUT2D eigenvalue weighted by Gasteiger charge is 2.52. The maximum Gasteiger partial charge on any atom is 0.407 e. The summed E-state index contributed by atoms with van der Waals surface area (Å²) in [5.74, 6) is 1.39. The molecule has 16 heteroatoms. The molecule has 6 rings (SSSR count). The molecule has 328 valence electrons. The van der Waals surface area contributed by atoms with Crippen molar-refractivity contribution < 1.29 is 38.0 Å². The van der Waals surface area contributed by atoms with E-state index >= 15 is 0 Å². The summed E-state index contributed by atoms with van der Waals surface area (Å²) in [4.78, 5) is 35.2. The Morgan fingerprint density at radius 2 is 1.44 bits per heavy atom. The fourth-order valence-corrected chi connectivity index (χ4v) is 9.08. The van der Waals surface area contributed by atoms with E-state index in [9.17, 15) is 14.7 Å². The molecule has 14 nitrogen and oxygen atoms in total. The summed E-state index contributed by atoms with van der Waals surface area (Å²) in [6.45, 7) is 17.9. The van der Waals surface area contributed by atoms with Crippen molar-refractivity contribution >= 4 is 33.6 Å². The number of hydrogen-bond acceptors (Lipinski definition) is 11. The van der Waals surface area contributed by atoms with Crippen LogP contribution < -0.4 is 20.3 Å². The maximum absolute atomic E-state index is 13.7. The third kappa shape index (κ3) is 10.1. The fourth-order valence-electron chi connectivity index (χ4n) is 7.08. The van der Waals surface area contributed by atoms with Crippen LogP contribution in [-0.4, -0.2) is 99.0 Å². The van der Waals surface area contributed by atoms with Crippen molar-refractivity contribution in [2.45, 2.75) is 101 Å². The standard InChI is InChI=1S/C45H61N5O9Si2/c1-44(2,3)61(9,10)59-39-38(51)36(58-42(39)50-30-47-37-40(50)48-29-49(41(37)52)25-24-46-43(53)56-26-27-60(6,7)8)28-57-45(31-14-12-11-13-15-31,32-16-20-34(54-4)21-17-32)33-18-22-35(55-5)23-19-33/h11-23,29-30,36,38-39,42,51H,24-28H2,1-10H3,(H,46,53)/t36-,38-,39-,42-/m1/s1. The predicted octanol–water partition coefficient (Wildman–Crippen LogP) is 7.33. The second-order valence-corrected chi connectivity index (χ2v) is 28.5.